The molecule has 2 aliphatic rings. The van der Waals surface area contributed by atoms with Gasteiger partial charge in [-0.05, 0) is 19.5 Å². The number of likely N-dealkylation sites (N-methyl/N-ethyl adjacent to an activating group) is 1. The lowest BCUT2D eigenvalue weighted by Gasteiger charge is -2.18. The number of fused-ring (bicyclic) bond motifs is 1. The number of allylic oxidation sites excluding steroid dienone is 1. The minimum absolute atomic E-state index is 0.222. The second kappa shape index (κ2) is 2.99. The quantitative estimate of drug-likeness (QED) is 0.528. The van der Waals surface area contributed by atoms with Gasteiger partial charge in [-0.2, -0.15) is 0 Å². The first-order valence-electron chi connectivity index (χ1n) is 4.28. The van der Waals surface area contributed by atoms with Gasteiger partial charge in [-0.25, -0.2) is 0 Å². The molecule has 2 atom stereocenters. The Labute approximate surface area is 72.0 Å². The van der Waals surface area contributed by atoms with Crippen molar-refractivity contribution in [2.45, 2.75) is 25.0 Å². The normalized spacial score (nSPS) is 36.6. The Morgan fingerprint density at radius 3 is 3.33 bits per heavy atom. The van der Waals surface area contributed by atoms with Crippen molar-refractivity contribution < 1.29 is 9.53 Å². The van der Waals surface area contributed by atoms with E-state index in [4.69, 9.17) is 4.74 Å². The third-order valence-electron chi connectivity index (χ3n) is 2.57. The minimum atomic E-state index is 0.222. The molecule has 1 saturated heterocycles. The summed E-state index contributed by atoms with van der Waals surface area (Å²) in [6, 6.07) is 0.299. The summed E-state index contributed by atoms with van der Waals surface area (Å²) in [6.45, 7) is 0.663. The van der Waals surface area contributed by atoms with Crippen molar-refractivity contribution in [1.82, 2.24) is 4.90 Å². The van der Waals surface area contributed by atoms with Crippen LogP contribution in [0.5, 0.6) is 0 Å². The Bertz CT molecular complexity index is 225. The third kappa shape index (κ3) is 1.30. The topological polar surface area (TPSA) is 29.5 Å². The summed E-state index contributed by atoms with van der Waals surface area (Å²) in [5.41, 5.74) is 0. The van der Waals surface area contributed by atoms with E-state index in [1.54, 1.807) is 6.08 Å². The standard InChI is InChI=1S/C9H13NO2/c1-10-6-12-9-4-2-3-7(11)5-8(9)10/h2-3,8-9H,4-6H2,1H3/t8-,9+/m0/s1. The summed E-state index contributed by atoms with van der Waals surface area (Å²) in [5, 5.41) is 0. The maximum Gasteiger partial charge on any atom is 0.157 e. The van der Waals surface area contributed by atoms with Crippen LogP contribution in [0.15, 0.2) is 12.2 Å². The fraction of sp³-hybridized carbons (Fsp3) is 0.667. The van der Waals surface area contributed by atoms with Crippen LogP contribution < -0.4 is 0 Å². The molecule has 0 saturated carbocycles. The van der Waals surface area contributed by atoms with E-state index in [0.717, 1.165) is 6.42 Å². The molecule has 0 bridgehead atoms. The largest absolute Gasteiger partial charge is 0.361 e. The van der Waals surface area contributed by atoms with E-state index < -0.39 is 0 Å². The fourth-order valence-electron chi connectivity index (χ4n) is 1.82. The summed E-state index contributed by atoms with van der Waals surface area (Å²) in [5.74, 6) is 0.222. The SMILES string of the molecule is CN1CO[C@@H]2CC=CC(=O)C[C@@H]21. The number of nitrogens with zero attached hydrogens (tertiary/aromatic N) is 1. The van der Waals surface area contributed by atoms with Crippen LogP contribution in [0, 0.1) is 0 Å². The van der Waals surface area contributed by atoms with Gasteiger partial charge in [-0.1, -0.05) is 6.08 Å². The molecule has 0 radical (unpaired) electrons. The van der Waals surface area contributed by atoms with Crippen LogP contribution >= 0.6 is 0 Å². The Hall–Kier alpha value is -0.670. The van der Waals surface area contributed by atoms with Crippen LogP contribution in [0.25, 0.3) is 0 Å². The van der Waals surface area contributed by atoms with Crippen LogP contribution in [0.4, 0.5) is 0 Å². The van der Waals surface area contributed by atoms with Crippen molar-refractivity contribution in [3.05, 3.63) is 12.2 Å². The van der Waals surface area contributed by atoms with Gasteiger partial charge in [0.2, 0.25) is 0 Å². The molecule has 0 aromatic carbocycles. The van der Waals surface area contributed by atoms with Gasteiger partial charge in [-0.3, -0.25) is 9.69 Å². The first-order valence-corrected chi connectivity index (χ1v) is 4.28. The van der Waals surface area contributed by atoms with Gasteiger partial charge < -0.3 is 4.74 Å². The predicted molar refractivity (Wildman–Crippen MR) is 44.7 cm³/mol. The zero-order valence-electron chi connectivity index (χ0n) is 7.19. The van der Waals surface area contributed by atoms with Crippen molar-refractivity contribution in [2.24, 2.45) is 0 Å². The molecular weight excluding hydrogens is 154 g/mol. The number of ether oxygens (including phenoxy) is 1. The maximum absolute atomic E-state index is 11.2. The minimum Gasteiger partial charge on any atom is -0.361 e. The second-order valence-corrected chi connectivity index (χ2v) is 3.47. The molecule has 3 heteroatoms. The molecule has 66 valence electrons. The highest BCUT2D eigenvalue weighted by molar-refractivity contribution is 5.90. The third-order valence-corrected chi connectivity index (χ3v) is 2.57. The van der Waals surface area contributed by atoms with Crippen LogP contribution in [0.2, 0.25) is 0 Å². The van der Waals surface area contributed by atoms with Gasteiger partial charge in [0, 0.05) is 12.5 Å². The Balaban J connectivity index is 2.14. The molecule has 1 heterocycles. The molecule has 2 rings (SSSR count). The number of ketones is 1. The molecule has 1 fully saturated rings. The fourth-order valence-corrected chi connectivity index (χ4v) is 1.82. The van der Waals surface area contributed by atoms with Crippen molar-refractivity contribution in [1.29, 1.82) is 0 Å². The number of carbonyl (C=O) groups excluding carboxylic acids is 1. The monoisotopic (exact) mass is 167 g/mol. The zero-order chi connectivity index (χ0) is 8.55. The molecule has 0 spiro atoms. The number of hydrogen-bond acceptors (Lipinski definition) is 3. The zero-order valence-corrected chi connectivity index (χ0v) is 7.19. The van der Waals surface area contributed by atoms with E-state index in [2.05, 4.69) is 4.90 Å². The van der Waals surface area contributed by atoms with Crippen LogP contribution in [0.3, 0.4) is 0 Å². The Morgan fingerprint density at radius 2 is 2.50 bits per heavy atom. The summed E-state index contributed by atoms with van der Waals surface area (Å²) < 4.78 is 5.52. The Kier molecular flexibility index (Phi) is 1.98. The number of carbonyl (C=O) groups is 1. The van der Waals surface area contributed by atoms with Gasteiger partial charge in [-0.15, -0.1) is 0 Å². The van der Waals surface area contributed by atoms with Crippen molar-refractivity contribution >= 4 is 5.78 Å². The van der Waals surface area contributed by atoms with E-state index in [1.807, 2.05) is 13.1 Å². The van der Waals surface area contributed by atoms with Crippen molar-refractivity contribution in [2.75, 3.05) is 13.8 Å². The average molecular weight is 167 g/mol. The lowest BCUT2D eigenvalue weighted by molar-refractivity contribution is -0.115. The molecule has 0 amide bonds. The molecule has 0 aromatic rings. The highest BCUT2D eigenvalue weighted by Gasteiger charge is 2.34. The molecule has 3 nitrogen and oxygen atoms in total. The molecule has 0 unspecified atom stereocenters. The molecule has 12 heavy (non-hydrogen) atoms. The van der Waals surface area contributed by atoms with Crippen molar-refractivity contribution in [3.63, 3.8) is 0 Å². The summed E-state index contributed by atoms with van der Waals surface area (Å²) in [4.78, 5) is 13.3. The van der Waals surface area contributed by atoms with Crippen molar-refractivity contribution in [3.8, 4) is 0 Å². The summed E-state index contributed by atoms with van der Waals surface area (Å²) >= 11 is 0. The molecule has 0 N–H and O–H groups in total. The van der Waals surface area contributed by atoms with E-state index in [-0.39, 0.29) is 11.9 Å². The van der Waals surface area contributed by atoms with E-state index in [1.165, 1.54) is 0 Å². The van der Waals surface area contributed by atoms with Crippen LogP contribution in [-0.4, -0.2) is 36.6 Å². The molecular formula is C9H13NO2. The first kappa shape index (κ1) is 7.95. The van der Waals surface area contributed by atoms with Gasteiger partial charge in [0.05, 0.1) is 12.8 Å². The highest BCUT2D eigenvalue weighted by atomic mass is 16.5. The molecule has 1 aliphatic carbocycles. The van der Waals surface area contributed by atoms with Gasteiger partial charge in [0.15, 0.2) is 5.78 Å². The van der Waals surface area contributed by atoms with Gasteiger partial charge in [0.25, 0.3) is 0 Å². The lowest BCUT2D eigenvalue weighted by Crippen LogP contribution is -2.33. The van der Waals surface area contributed by atoms with Crippen LogP contribution in [0.1, 0.15) is 12.8 Å². The predicted octanol–water partition coefficient (Wildman–Crippen LogP) is 0.562. The highest BCUT2D eigenvalue weighted by Crippen LogP contribution is 2.23. The lowest BCUT2D eigenvalue weighted by atomic mass is 10.1. The van der Waals surface area contributed by atoms with E-state index >= 15 is 0 Å². The number of hydrogen-bond donors (Lipinski definition) is 0. The molecule has 0 aromatic heterocycles. The average Bonchev–Trinajstić information content (AvgIpc) is 2.31. The summed E-state index contributed by atoms with van der Waals surface area (Å²) in [6.07, 6.45) is 5.32. The van der Waals surface area contributed by atoms with Crippen LogP contribution in [-0.2, 0) is 9.53 Å². The Morgan fingerprint density at radius 1 is 1.67 bits per heavy atom. The molecule has 1 aliphatic heterocycles. The van der Waals surface area contributed by atoms with E-state index in [0.29, 0.717) is 19.2 Å². The maximum atomic E-state index is 11.2. The van der Waals surface area contributed by atoms with E-state index in [9.17, 15) is 4.79 Å². The second-order valence-electron chi connectivity index (χ2n) is 3.47. The number of rotatable bonds is 0. The first-order chi connectivity index (χ1) is 5.77. The van der Waals surface area contributed by atoms with Gasteiger partial charge in [0.1, 0.15) is 0 Å². The summed E-state index contributed by atoms with van der Waals surface area (Å²) in [7, 11) is 2.00. The smallest absolute Gasteiger partial charge is 0.157 e. The van der Waals surface area contributed by atoms with Gasteiger partial charge >= 0.3 is 0 Å².